The number of nitrogens with one attached hydrogen (secondary N) is 1. The summed E-state index contributed by atoms with van der Waals surface area (Å²) in [5, 5.41) is 13.6. The van der Waals surface area contributed by atoms with Crippen molar-refractivity contribution < 1.29 is 4.79 Å². The number of aromatic nitrogens is 1. The van der Waals surface area contributed by atoms with Crippen molar-refractivity contribution >= 4 is 29.1 Å². The molecule has 4 nitrogen and oxygen atoms in total. The molecule has 1 N–H and O–H groups in total. The van der Waals surface area contributed by atoms with Crippen LogP contribution in [0.2, 0.25) is 10.0 Å². The molecule has 2 aromatic carbocycles. The lowest BCUT2D eigenvalue weighted by molar-refractivity contribution is 0.0942. The number of nitrogens with zero attached hydrogens (tertiary/aromatic N) is 2. The number of amides is 1. The van der Waals surface area contributed by atoms with Gasteiger partial charge < -0.3 is 5.32 Å². The highest BCUT2D eigenvalue weighted by Crippen LogP contribution is 2.24. The van der Waals surface area contributed by atoms with Crippen LogP contribution in [0.1, 0.15) is 59.1 Å². The zero-order chi connectivity index (χ0) is 22.4. The van der Waals surface area contributed by atoms with Crippen LogP contribution in [0.5, 0.6) is 0 Å². The molecule has 158 valence electrons. The Bertz CT molecular complexity index is 1040. The highest BCUT2D eigenvalue weighted by Gasteiger charge is 2.20. The number of carbonyl (C=O) groups excluding carboxylic acids is 1. The summed E-state index contributed by atoms with van der Waals surface area (Å²) in [6.45, 7) is 4.27. The van der Waals surface area contributed by atoms with Crippen LogP contribution < -0.4 is 5.32 Å². The second-order valence-corrected chi connectivity index (χ2v) is 8.65. The van der Waals surface area contributed by atoms with Gasteiger partial charge >= 0.3 is 0 Å². The smallest absolute Gasteiger partial charge is 0.252 e. The van der Waals surface area contributed by atoms with E-state index in [1.807, 2.05) is 18.2 Å². The predicted octanol–water partition coefficient (Wildman–Crippen LogP) is 6.37. The largest absolute Gasteiger partial charge is 0.340 e. The van der Waals surface area contributed by atoms with Crippen molar-refractivity contribution in [2.45, 2.75) is 32.7 Å². The Hall–Kier alpha value is -2.87. The molecular weight excluding hydrogens is 429 g/mol. The summed E-state index contributed by atoms with van der Waals surface area (Å²) in [4.78, 5) is 17.5. The van der Waals surface area contributed by atoms with Gasteiger partial charge in [0.15, 0.2) is 0 Å². The molecule has 0 bridgehead atoms. The van der Waals surface area contributed by atoms with Crippen molar-refractivity contribution in [3.63, 3.8) is 0 Å². The maximum absolute atomic E-state index is 13.2. The fourth-order valence-corrected chi connectivity index (χ4v) is 3.49. The van der Waals surface area contributed by atoms with Crippen molar-refractivity contribution in [2.75, 3.05) is 0 Å². The average molecular weight is 452 g/mol. The van der Waals surface area contributed by atoms with E-state index >= 15 is 0 Å². The van der Waals surface area contributed by atoms with Gasteiger partial charge in [-0.2, -0.15) is 5.26 Å². The van der Waals surface area contributed by atoms with Gasteiger partial charge in [-0.05, 0) is 72.4 Å². The van der Waals surface area contributed by atoms with E-state index in [0.29, 0.717) is 32.8 Å². The molecule has 0 fully saturated rings. The fraction of sp³-hybridized carbons (Fsp3) is 0.240. The summed E-state index contributed by atoms with van der Waals surface area (Å²) in [5.74, 6) is 0.265. The van der Waals surface area contributed by atoms with E-state index in [1.54, 1.807) is 42.6 Å². The topological polar surface area (TPSA) is 65.8 Å². The molecule has 3 rings (SSSR count). The lowest BCUT2D eigenvalue weighted by Crippen LogP contribution is -2.30. The van der Waals surface area contributed by atoms with Crippen LogP contribution in [0.4, 0.5) is 0 Å². The van der Waals surface area contributed by atoms with Gasteiger partial charge in [-0.1, -0.05) is 49.2 Å². The first-order chi connectivity index (χ1) is 14.9. The number of halogens is 2. The monoisotopic (exact) mass is 451 g/mol. The molecular formula is C25H23Cl2N3O. The lowest BCUT2D eigenvalue weighted by Gasteiger charge is -2.19. The van der Waals surface area contributed by atoms with E-state index < -0.39 is 6.04 Å². The third-order valence-corrected chi connectivity index (χ3v) is 5.48. The molecule has 0 saturated carbocycles. The lowest BCUT2D eigenvalue weighted by atomic mass is 9.96. The Morgan fingerprint density at radius 1 is 1.06 bits per heavy atom. The van der Waals surface area contributed by atoms with Gasteiger partial charge in [0, 0.05) is 16.8 Å². The van der Waals surface area contributed by atoms with E-state index in [9.17, 15) is 10.1 Å². The summed E-state index contributed by atoms with van der Waals surface area (Å²) in [6.07, 6.45) is 3.25. The van der Waals surface area contributed by atoms with Crippen molar-refractivity contribution in [3.05, 3.63) is 98.8 Å². The molecule has 0 aliphatic heterocycles. The summed E-state index contributed by atoms with van der Waals surface area (Å²) in [7, 11) is 0. The third-order valence-electron chi connectivity index (χ3n) is 5.00. The number of nitriles is 1. The third kappa shape index (κ3) is 6.07. The Morgan fingerprint density at radius 3 is 2.39 bits per heavy atom. The predicted molar refractivity (Wildman–Crippen MR) is 124 cm³/mol. The van der Waals surface area contributed by atoms with Crippen LogP contribution in [-0.2, 0) is 6.42 Å². The van der Waals surface area contributed by atoms with E-state index in [-0.39, 0.29) is 5.91 Å². The summed E-state index contributed by atoms with van der Waals surface area (Å²) in [6, 6.07) is 17.7. The van der Waals surface area contributed by atoms with Crippen LogP contribution >= 0.6 is 23.2 Å². The van der Waals surface area contributed by atoms with E-state index in [1.165, 1.54) is 0 Å². The first-order valence-corrected chi connectivity index (χ1v) is 10.8. The maximum Gasteiger partial charge on any atom is 0.252 e. The normalized spacial score (nSPS) is 11.7. The van der Waals surface area contributed by atoms with Crippen molar-refractivity contribution in [1.29, 1.82) is 5.26 Å². The average Bonchev–Trinajstić information content (AvgIpc) is 2.77. The SMILES string of the molecule is CC(C)CCc1cc(C(=O)N[C@@H](c2ccc(Cl)cc2)c2ccc(Cl)cn2)ccc1C#N. The Balaban J connectivity index is 1.91. The van der Waals surface area contributed by atoms with Gasteiger partial charge in [0.05, 0.1) is 28.4 Å². The van der Waals surface area contributed by atoms with Gasteiger partial charge in [0.2, 0.25) is 0 Å². The van der Waals surface area contributed by atoms with Gasteiger partial charge in [0.25, 0.3) is 5.91 Å². The number of aryl methyl sites for hydroxylation is 1. The standard InChI is InChI=1S/C25H23Cl2N3O/c1-16(2)3-4-18-13-19(5-6-20(18)14-28)25(31)30-24(17-7-9-21(26)10-8-17)23-12-11-22(27)15-29-23/h5-13,15-16,24H,3-4H2,1-2H3,(H,30,31)/t24-/m0/s1. The molecule has 6 heteroatoms. The minimum absolute atomic E-state index is 0.244. The van der Waals surface area contributed by atoms with E-state index in [4.69, 9.17) is 23.2 Å². The summed E-state index contributed by atoms with van der Waals surface area (Å²) >= 11 is 12.0. The zero-order valence-corrected chi connectivity index (χ0v) is 18.9. The van der Waals surface area contributed by atoms with Crippen molar-refractivity contribution in [2.24, 2.45) is 5.92 Å². The van der Waals surface area contributed by atoms with Crippen molar-refractivity contribution in [3.8, 4) is 6.07 Å². The molecule has 0 aliphatic carbocycles. The number of carbonyl (C=O) groups is 1. The number of hydrogen-bond acceptors (Lipinski definition) is 3. The maximum atomic E-state index is 13.2. The second-order valence-electron chi connectivity index (χ2n) is 7.78. The molecule has 31 heavy (non-hydrogen) atoms. The van der Waals surface area contributed by atoms with Gasteiger partial charge in [-0.25, -0.2) is 0 Å². The highest BCUT2D eigenvalue weighted by molar-refractivity contribution is 6.30. The number of rotatable bonds is 7. The molecule has 1 atom stereocenters. The van der Waals surface area contributed by atoms with Crippen LogP contribution in [0.25, 0.3) is 0 Å². The zero-order valence-electron chi connectivity index (χ0n) is 17.4. The molecule has 0 radical (unpaired) electrons. The Kier molecular flexibility index (Phi) is 7.68. The molecule has 3 aromatic rings. The molecule has 1 amide bonds. The summed E-state index contributed by atoms with van der Waals surface area (Å²) in [5.41, 5.74) is 3.50. The van der Waals surface area contributed by atoms with Crippen LogP contribution in [-0.4, -0.2) is 10.9 Å². The minimum Gasteiger partial charge on any atom is -0.340 e. The molecule has 0 spiro atoms. The van der Waals surface area contributed by atoms with Crippen LogP contribution in [0.3, 0.4) is 0 Å². The summed E-state index contributed by atoms with van der Waals surface area (Å²) < 4.78 is 0. The van der Waals surface area contributed by atoms with E-state index in [2.05, 4.69) is 30.2 Å². The number of hydrogen-bond donors (Lipinski definition) is 1. The van der Waals surface area contributed by atoms with Crippen molar-refractivity contribution in [1.82, 2.24) is 10.3 Å². The van der Waals surface area contributed by atoms with E-state index in [0.717, 1.165) is 24.0 Å². The van der Waals surface area contributed by atoms with Crippen LogP contribution in [0.15, 0.2) is 60.8 Å². The highest BCUT2D eigenvalue weighted by atomic mass is 35.5. The number of pyridine rings is 1. The first-order valence-electron chi connectivity index (χ1n) is 10.1. The molecule has 0 saturated heterocycles. The Morgan fingerprint density at radius 2 is 1.77 bits per heavy atom. The Labute approximate surface area is 192 Å². The van der Waals surface area contributed by atoms with Gasteiger partial charge in [-0.15, -0.1) is 0 Å². The molecule has 0 aliphatic rings. The number of benzene rings is 2. The fourth-order valence-electron chi connectivity index (χ4n) is 3.25. The minimum atomic E-state index is -0.475. The molecule has 1 heterocycles. The van der Waals surface area contributed by atoms with Gasteiger partial charge in [0.1, 0.15) is 0 Å². The first kappa shape index (κ1) is 22.8. The molecule has 0 unspecified atom stereocenters. The van der Waals surface area contributed by atoms with Gasteiger partial charge in [-0.3, -0.25) is 9.78 Å². The second kappa shape index (κ2) is 10.4. The van der Waals surface area contributed by atoms with Crippen LogP contribution in [0, 0.1) is 17.2 Å². The quantitative estimate of drug-likeness (QED) is 0.453. The molecule has 1 aromatic heterocycles.